The number of methoxy groups -OCH3 is 1. The van der Waals surface area contributed by atoms with Crippen LogP contribution in [0.2, 0.25) is 0 Å². The molecule has 1 rings (SSSR count). The van der Waals surface area contributed by atoms with E-state index in [-0.39, 0.29) is 5.56 Å². The van der Waals surface area contributed by atoms with E-state index in [1.165, 1.54) is 20.1 Å². The molecule has 1 aromatic carbocycles. The number of aliphatic hydroxyl groups excluding tert-OH is 1. The highest BCUT2D eigenvalue weighted by Gasteiger charge is 2.16. The second-order valence-electron chi connectivity index (χ2n) is 2.66. The van der Waals surface area contributed by atoms with Gasteiger partial charge in [0.15, 0.2) is 17.4 Å². The van der Waals surface area contributed by atoms with Crippen LogP contribution >= 0.6 is 0 Å². The van der Waals surface area contributed by atoms with Crippen molar-refractivity contribution >= 4 is 0 Å². The number of aliphatic hydroxyl groups is 1. The topological polar surface area (TPSA) is 29.5 Å². The molecule has 0 radical (unpaired) electrons. The SMILES string of the molecule is COc1c(F)ccc(C(C)O)c1F. The van der Waals surface area contributed by atoms with Crippen LogP contribution < -0.4 is 4.74 Å². The summed E-state index contributed by atoms with van der Waals surface area (Å²) >= 11 is 0. The molecular formula is C9H10F2O2. The van der Waals surface area contributed by atoms with Gasteiger partial charge >= 0.3 is 0 Å². The van der Waals surface area contributed by atoms with Gasteiger partial charge < -0.3 is 9.84 Å². The van der Waals surface area contributed by atoms with Gasteiger partial charge in [-0.25, -0.2) is 8.78 Å². The number of rotatable bonds is 2. The highest BCUT2D eigenvalue weighted by Crippen LogP contribution is 2.27. The number of benzene rings is 1. The molecule has 0 fully saturated rings. The lowest BCUT2D eigenvalue weighted by Crippen LogP contribution is -2.00. The summed E-state index contributed by atoms with van der Waals surface area (Å²) in [7, 11) is 1.17. The fourth-order valence-electron chi connectivity index (χ4n) is 1.06. The molecule has 13 heavy (non-hydrogen) atoms. The summed E-state index contributed by atoms with van der Waals surface area (Å²) in [6.07, 6.45) is -0.977. The van der Waals surface area contributed by atoms with E-state index in [0.29, 0.717) is 0 Å². The van der Waals surface area contributed by atoms with Crippen LogP contribution in [0.15, 0.2) is 12.1 Å². The van der Waals surface area contributed by atoms with Gasteiger partial charge in [0.05, 0.1) is 13.2 Å². The summed E-state index contributed by atoms with van der Waals surface area (Å²) in [5.41, 5.74) is 0.0262. The largest absolute Gasteiger partial charge is 0.491 e. The van der Waals surface area contributed by atoms with Crippen LogP contribution in [-0.2, 0) is 0 Å². The molecule has 0 aromatic heterocycles. The quantitative estimate of drug-likeness (QED) is 0.769. The molecule has 1 N–H and O–H groups in total. The molecule has 0 saturated carbocycles. The van der Waals surface area contributed by atoms with Crippen molar-refractivity contribution in [2.45, 2.75) is 13.0 Å². The molecule has 0 heterocycles. The third-order valence-electron chi connectivity index (χ3n) is 1.73. The van der Waals surface area contributed by atoms with Crippen LogP contribution in [0.25, 0.3) is 0 Å². The summed E-state index contributed by atoms with van der Waals surface area (Å²) in [4.78, 5) is 0. The fraction of sp³-hybridized carbons (Fsp3) is 0.333. The Labute approximate surface area is 74.8 Å². The van der Waals surface area contributed by atoms with Gasteiger partial charge in [-0.05, 0) is 13.0 Å². The molecule has 0 spiro atoms. The number of hydrogen-bond acceptors (Lipinski definition) is 2. The van der Waals surface area contributed by atoms with Gasteiger partial charge in [-0.1, -0.05) is 6.07 Å². The lowest BCUT2D eigenvalue weighted by Gasteiger charge is -2.09. The average Bonchev–Trinajstić information content (AvgIpc) is 2.04. The standard InChI is InChI=1S/C9H10F2O2/c1-5(12)6-3-4-7(10)9(13-2)8(6)11/h3-5,12H,1-2H3. The lowest BCUT2D eigenvalue weighted by molar-refractivity contribution is 0.192. The third kappa shape index (κ3) is 1.78. The molecule has 2 nitrogen and oxygen atoms in total. The van der Waals surface area contributed by atoms with E-state index in [2.05, 4.69) is 4.74 Å². The molecule has 4 heteroatoms. The van der Waals surface area contributed by atoms with Crippen molar-refractivity contribution in [2.24, 2.45) is 0 Å². The average molecular weight is 188 g/mol. The van der Waals surface area contributed by atoms with Crippen LogP contribution in [0.1, 0.15) is 18.6 Å². The first-order chi connectivity index (χ1) is 6.07. The van der Waals surface area contributed by atoms with E-state index in [1.54, 1.807) is 0 Å². The van der Waals surface area contributed by atoms with E-state index in [0.717, 1.165) is 6.07 Å². The monoisotopic (exact) mass is 188 g/mol. The molecule has 0 aliphatic rings. The van der Waals surface area contributed by atoms with Gasteiger partial charge in [0.1, 0.15) is 0 Å². The van der Waals surface area contributed by atoms with E-state index in [4.69, 9.17) is 5.11 Å². The van der Waals surface area contributed by atoms with Gasteiger partial charge in [0.2, 0.25) is 0 Å². The minimum absolute atomic E-state index is 0.0262. The van der Waals surface area contributed by atoms with Gasteiger partial charge in [0.25, 0.3) is 0 Å². The number of ether oxygens (including phenoxy) is 1. The Balaban J connectivity index is 3.27. The Morgan fingerprint density at radius 3 is 2.46 bits per heavy atom. The van der Waals surface area contributed by atoms with E-state index < -0.39 is 23.5 Å². The van der Waals surface area contributed by atoms with E-state index in [9.17, 15) is 8.78 Å². The summed E-state index contributed by atoms with van der Waals surface area (Å²) in [6.45, 7) is 1.40. The van der Waals surface area contributed by atoms with Crippen LogP contribution in [0.4, 0.5) is 8.78 Å². The first-order valence-corrected chi connectivity index (χ1v) is 3.78. The smallest absolute Gasteiger partial charge is 0.190 e. The first-order valence-electron chi connectivity index (χ1n) is 3.78. The second kappa shape index (κ2) is 3.70. The fourth-order valence-corrected chi connectivity index (χ4v) is 1.06. The highest BCUT2D eigenvalue weighted by molar-refractivity contribution is 5.33. The zero-order valence-electron chi connectivity index (χ0n) is 7.34. The van der Waals surface area contributed by atoms with Crippen LogP contribution in [0, 0.1) is 11.6 Å². The van der Waals surface area contributed by atoms with Crippen molar-refractivity contribution in [2.75, 3.05) is 7.11 Å². The van der Waals surface area contributed by atoms with Gasteiger partial charge in [-0.3, -0.25) is 0 Å². The molecular weight excluding hydrogens is 178 g/mol. The Morgan fingerprint density at radius 2 is 2.00 bits per heavy atom. The molecule has 1 unspecified atom stereocenters. The maximum absolute atomic E-state index is 13.3. The maximum atomic E-state index is 13.3. The normalized spacial score (nSPS) is 12.7. The van der Waals surface area contributed by atoms with Crippen molar-refractivity contribution < 1.29 is 18.6 Å². The minimum atomic E-state index is -0.977. The molecule has 0 amide bonds. The summed E-state index contributed by atoms with van der Waals surface area (Å²) < 4.78 is 30.6. The number of hydrogen-bond donors (Lipinski definition) is 1. The Morgan fingerprint density at radius 1 is 1.38 bits per heavy atom. The molecule has 1 atom stereocenters. The zero-order chi connectivity index (χ0) is 10.0. The maximum Gasteiger partial charge on any atom is 0.190 e. The first kappa shape index (κ1) is 9.92. The molecule has 0 aliphatic heterocycles. The Bertz CT molecular complexity index is 311. The lowest BCUT2D eigenvalue weighted by atomic mass is 10.1. The van der Waals surface area contributed by atoms with Crippen LogP contribution in [-0.4, -0.2) is 12.2 Å². The van der Waals surface area contributed by atoms with Gasteiger partial charge in [-0.2, -0.15) is 0 Å². The molecule has 72 valence electrons. The van der Waals surface area contributed by atoms with Crippen molar-refractivity contribution in [3.05, 3.63) is 29.3 Å². The van der Waals surface area contributed by atoms with Gasteiger partial charge in [-0.15, -0.1) is 0 Å². The molecule has 0 aliphatic carbocycles. The zero-order valence-corrected chi connectivity index (χ0v) is 7.34. The summed E-state index contributed by atoms with van der Waals surface area (Å²) in [5, 5.41) is 9.10. The third-order valence-corrected chi connectivity index (χ3v) is 1.73. The highest BCUT2D eigenvalue weighted by atomic mass is 19.1. The number of halogens is 2. The van der Waals surface area contributed by atoms with Crippen LogP contribution in [0.5, 0.6) is 5.75 Å². The predicted molar refractivity (Wildman–Crippen MR) is 43.5 cm³/mol. The molecule has 0 saturated heterocycles. The molecule has 0 bridgehead atoms. The predicted octanol–water partition coefficient (Wildman–Crippen LogP) is 2.03. The Kier molecular flexibility index (Phi) is 2.83. The van der Waals surface area contributed by atoms with Crippen molar-refractivity contribution in [3.8, 4) is 5.75 Å². The van der Waals surface area contributed by atoms with Crippen LogP contribution in [0.3, 0.4) is 0 Å². The van der Waals surface area contributed by atoms with E-state index in [1.807, 2.05) is 0 Å². The van der Waals surface area contributed by atoms with Crippen molar-refractivity contribution in [1.82, 2.24) is 0 Å². The summed E-state index contributed by atoms with van der Waals surface area (Å²) in [5.74, 6) is -2.08. The van der Waals surface area contributed by atoms with Gasteiger partial charge in [0, 0.05) is 5.56 Å². The van der Waals surface area contributed by atoms with Crippen molar-refractivity contribution in [3.63, 3.8) is 0 Å². The minimum Gasteiger partial charge on any atom is -0.491 e. The second-order valence-corrected chi connectivity index (χ2v) is 2.66. The summed E-state index contributed by atoms with van der Waals surface area (Å²) in [6, 6.07) is 2.25. The Hall–Kier alpha value is -1.16. The van der Waals surface area contributed by atoms with E-state index >= 15 is 0 Å². The van der Waals surface area contributed by atoms with Crippen molar-refractivity contribution in [1.29, 1.82) is 0 Å². The molecule has 1 aromatic rings.